The van der Waals surface area contributed by atoms with Crippen molar-refractivity contribution in [1.82, 2.24) is 4.90 Å². The Morgan fingerprint density at radius 2 is 1.88 bits per heavy atom. The van der Waals surface area contributed by atoms with Crippen molar-refractivity contribution in [1.29, 1.82) is 0 Å². The number of anilines is 1. The van der Waals surface area contributed by atoms with E-state index < -0.39 is 45.3 Å². The summed E-state index contributed by atoms with van der Waals surface area (Å²) in [5.41, 5.74) is -1.84. The number of hydrogen-bond donors (Lipinski definition) is 2. The maximum absolute atomic E-state index is 12.1. The number of nitrogens with zero attached hydrogens (tertiary/aromatic N) is 3. The number of benzene rings is 1. The topological polar surface area (TPSA) is 156 Å². The van der Waals surface area contributed by atoms with Crippen molar-refractivity contribution in [2.24, 2.45) is 0 Å². The smallest absolute Gasteiger partial charge is 0.302 e. The Kier molecular flexibility index (Phi) is 4.55. The molecule has 126 valence electrons. The van der Waals surface area contributed by atoms with Crippen LogP contribution in [0.3, 0.4) is 0 Å². The standard InChI is InChI=1S/C13H12N4O7/c1-7-2-3-9(16(21)22)11(12(7)17(23)24)14-8-6-10(19)15(4-5-18)13(8)20/h2-3,6,14,18H,4-5H2,1H3. The first kappa shape index (κ1) is 17.0. The average molecular weight is 336 g/mol. The van der Waals surface area contributed by atoms with Crippen LogP contribution in [0, 0.1) is 27.2 Å². The van der Waals surface area contributed by atoms with E-state index >= 15 is 0 Å². The lowest BCUT2D eigenvalue weighted by Gasteiger charge is -2.13. The van der Waals surface area contributed by atoms with Gasteiger partial charge in [-0.25, -0.2) is 0 Å². The Morgan fingerprint density at radius 3 is 2.42 bits per heavy atom. The molecule has 2 amide bonds. The molecular formula is C13H12N4O7. The predicted octanol–water partition coefficient (Wildman–Crippen LogP) is 0.468. The minimum absolute atomic E-state index is 0.151. The second kappa shape index (κ2) is 6.42. The summed E-state index contributed by atoms with van der Waals surface area (Å²) < 4.78 is 0. The molecular weight excluding hydrogens is 324 g/mol. The van der Waals surface area contributed by atoms with Gasteiger partial charge in [0.25, 0.3) is 17.5 Å². The first-order valence-corrected chi connectivity index (χ1v) is 6.65. The number of nitro groups is 2. The van der Waals surface area contributed by atoms with E-state index in [1.807, 2.05) is 0 Å². The highest BCUT2D eigenvalue weighted by Gasteiger charge is 2.35. The zero-order valence-electron chi connectivity index (χ0n) is 12.4. The molecule has 1 aromatic rings. The second-order valence-corrected chi connectivity index (χ2v) is 4.84. The van der Waals surface area contributed by atoms with E-state index in [0.29, 0.717) is 0 Å². The molecule has 24 heavy (non-hydrogen) atoms. The third-order valence-corrected chi connectivity index (χ3v) is 3.33. The largest absolute Gasteiger partial charge is 0.395 e. The van der Waals surface area contributed by atoms with E-state index in [1.54, 1.807) is 0 Å². The molecule has 0 aliphatic carbocycles. The van der Waals surface area contributed by atoms with Crippen LogP contribution in [-0.4, -0.2) is 44.8 Å². The molecule has 1 aliphatic heterocycles. The van der Waals surface area contributed by atoms with Crippen LogP contribution < -0.4 is 5.32 Å². The van der Waals surface area contributed by atoms with Crippen molar-refractivity contribution in [3.63, 3.8) is 0 Å². The predicted molar refractivity (Wildman–Crippen MR) is 80.0 cm³/mol. The Balaban J connectivity index is 2.50. The number of nitrogens with one attached hydrogen (secondary N) is 1. The van der Waals surface area contributed by atoms with Crippen molar-refractivity contribution >= 4 is 28.9 Å². The lowest BCUT2D eigenvalue weighted by Crippen LogP contribution is -2.34. The van der Waals surface area contributed by atoms with Crippen molar-refractivity contribution in [2.75, 3.05) is 18.5 Å². The Labute approximate surface area is 134 Å². The summed E-state index contributed by atoms with van der Waals surface area (Å²) in [4.78, 5) is 45.2. The van der Waals surface area contributed by atoms with Crippen LogP contribution in [0.2, 0.25) is 0 Å². The molecule has 11 nitrogen and oxygen atoms in total. The molecule has 1 aliphatic rings. The third-order valence-electron chi connectivity index (χ3n) is 3.33. The van der Waals surface area contributed by atoms with Crippen LogP contribution >= 0.6 is 0 Å². The highest BCUT2D eigenvalue weighted by molar-refractivity contribution is 6.17. The van der Waals surface area contributed by atoms with Crippen LogP contribution in [0.5, 0.6) is 0 Å². The SMILES string of the molecule is Cc1ccc([N+](=O)[O-])c(NC2=CC(=O)N(CCO)C2=O)c1[N+](=O)[O-]. The van der Waals surface area contributed by atoms with E-state index in [1.165, 1.54) is 13.0 Å². The van der Waals surface area contributed by atoms with Gasteiger partial charge < -0.3 is 10.4 Å². The zero-order valence-corrected chi connectivity index (χ0v) is 12.4. The molecule has 2 N–H and O–H groups in total. The van der Waals surface area contributed by atoms with Gasteiger partial charge >= 0.3 is 5.69 Å². The van der Waals surface area contributed by atoms with Gasteiger partial charge in [0.15, 0.2) is 5.69 Å². The van der Waals surface area contributed by atoms with E-state index in [0.717, 1.165) is 17.0 Å². The monoisotopic (exact) mass is 336 g/mol. The van der Waals surface area contributed by atoms with Crippen LogP contribution in [-0.2, 0) is 9.59 Å². The number of carbonyl (C=O) groups is 2. The molecule has 0 saturated heterocycles. The molecule has 0 atom stereocenters. The average Bonchev–Trinajstić information content (AvgIpc) is 2.74. The molecule has 0 spiro atoms. The minimum atomic E-state index is -0.834. The van der Waals surface area contributed by atoms with Gasteiger partial charge in [0.1, 0.15) is 5.70 Å². The summed E-state index contributed by atoms with van der Waals surface area (Å²) >= 11 is 0. The summed E-state index contributed by atoms with van der Waals surface area (Å²) in [5.74, 6) is -1.56. The molecule has 1 heterocycles. The molecule has 2 rings (SSSR count). The quantitative estimate of drug-likeness (QED) is 0.431. The van der Waals surface area contributed by atoms with Gasteiger partial charge in [0.05, 0.1) is 23.0 Å². The molecule has 0 bridgehead atoms. The third kappa shape index (κ3) is 2.92. The highest BCUT2D eigenvalue weighted by atomic mass is 16.6. The van der Waals surface area contributed by atoms with E-state index in [4.69, 9.17) is 5.11 Å². The number of aliphatic hydroxyl groups is 1. The Bertz CT molecular complexity index is 787. The van der Waals surface area contributed by atoms with Crippen LogP contribution in [0.25, 0.3) is 0 Å². The second-order valence-electron chi connectivity index (χ2n) is 4.84. The molecule has 1 aromatic carbocycles. The lowest BCUT2D eigenvalue weighted by atomic mass is 10.1. The molecule has 0 aromatic heterocycles. The number of imide groups is 1. The van der Waals surface area contributed by atoms with Gasteiger partial charge in [-0.05, 0) is 13.0 Å². The van der Waals surface area contributed by atoms with Gasteiger partial charge in [-0.1, -0.05) is 0 Å². The van der Waals surface area contributed by atoms with E-state index in [2.05, 4.69) is 5.32 Å². The van der Waals surface area contributed by atoms with E-state index in [9.17, 15) is 29.8 Å². The van der Waals surface area contributed by atoms with E-state index in [-0.39, 0.29) is 17.8 Å². The zero-order chi connectivity index (χ0) is 18.0. The van der Waals surface area contributed by atoms with Crippen LogP contribution in [0.15, 0.2) is 23.9 Å². The fraction of sp³-hybridized carbons (Fsp3) is 0.231. The number of aliphatic hydroxyl groups excluding tert-OH is 1. The van der Waals surface area contributed by atoms with Gasteiger partial charge in [-0.15, -0.1) is 0 Å². The number of hydrogen-bond acceptors (Lipinski definition) is 8. The fourth-order valence-electron chi connectivity index (χ4n) is 2.24. The molecule has 11 heteroatoms. The van der Waals surface area contributed by atoms with Crippen molar-refractivity contribution in [3.05, 3.63) is 49.7 Å². The molecule has 0 saturated carbocycles. The van der Waals surface area contributed by atoms with Crippen LogP contribution in [0.4, 0.5) is 17.1 Å². The number of carbonyl (C=O) groups excluding carboxylic acids is 2. The highest BCUT2D eigenvalue weighted by Crippen LogP contribution is 2.38. The summed E-state index contributed by atoms with van der Waals surface area (Å²) in [6, 6.07) is 2.29. The van der Waals surface area contributed by atoms with Crippen molar-refractivity contribution < 1.29 is 24.5 Å². The molecule has 0 unspecified atom stereocenters. The maximum atomic E-state index is 12.1. The molecule has 0 fully saturated rings. The summed E-state index contributed by atoms with van der Waals surface area (Å²) in [5, 5.41) is 33.5. The first-order valence-electron chi connectivity index (χ1n) is 6.65. The minimum Gasteiger partial charge on any atom is -0.395 e. The lowest BCUT2D eigenvalue weighted by molar-refractivity contribution is -0.392. The number of β-amino-alcohol motifs (C(OH)–C–C–N with tert-alkyl or cyclic N) is 1. The maximum Gasteiger partial charge on any atom is 0.302 e. The first-order chi connectivity index (χ1) is 11.3. The fourth-order valence-corrected chi connectivity index (χ4v) is 2.24. The van der Waals surface area contributed by atoms with Gasteiger partial charge in [0, 0.05) is 17.7 Å². The van der Waals surface area contributed by atoms with Crippen LogP contribution in [0.1, 0.15) is 5.56 Å². The normalized spacial score (nSPS) is 13.9. The van der Waals surface area contributed by atoms with Gasteiger partial charge in [0.2, 0.25) is 0 Å². The van der Waals surface area contributed by atoms with Gasteiger partial charge in [-0.2, -0.15) is 0 Å². The Hall–Kier alpha value is -3.34. The summed E-state index contributed by atoms with van der Waals surface area (Å²) in [6.45, 7) is 0.682. The summed E-state index contributed by atoms with van der Waals surface area (Å²) in [7, 11) is 0. The van der Waals surface area contributed by atoms with Crippen molar-refractivity contribution in [3.8, 4) is 0 Å². The number of aryl methyl sites for hydroxylation is 1. The summed E-state index contributed by atoms with van der Waals surface area (Å²) in [6.07, 6.45) is 0.869. The Morgan fingerprint density at radius 1 is 1.21 bits per heavy atom. The molecule has 0 radical (unpaired) electrons. The number of nitro benzene ring substituents is 2. The van der Waals surface area contributed by atoms with Crippen molar-refractivity contribution in [2.45, 2.75) is 6.92 Å². The van der Waals surface area contributed by atoms with Gasteiger partial charge in [-0.3, -0.25) is 34.7 Å². The number of rotatable bonds is 6. The number of amides is 2.